The normalized spacial score (nSPS) is 34.5. The molecule has 2 bridgehead atoms. The van der Waals surface area contributed by atoms with Crippen LogP contribution in [0.15, 0.2) is 97.1 Å². The van der Waals surface area contributed by atoms with Crippen molar-refractivity contribution in [2.24, 2.45) is 58.5 Å². The highest BCUT2D eigenvalue weighted by Gasteiger charge is 2.62. The van der Waals surface area contributed by atoms with Gasteiger partial charge in [-0.3, -0.25) is 4.79 Å². The molecule has 268 valence electrons. The van der Waals surface area contributed by atoms with Gasteiger partial charge in [-0.15, -0.1) is 0 Å². The molecule has 3 fully saturated rings. The Morgan fingerprint density at radius 1 is 0.860 bits per heavy atom. The number of carbonyl (C=O) groups is 1. The first-order valence-electron chi connectivity index (χ1n) is 20.6. The van der Waals surface area contributed by atoms with Crippen LogP contribution in [0, 0.1) is 52.8 Å². The molecule has 9 atom stereocenters. The number of carboxylic acid groups (broad SMARTS) is 1. The smallest absolute Gasteiger partial charge is 0.310 e. The van der Waals surface area contributed by atoms with Crippen LogP contribution in [0.1, 0.15) is 114 Å². The summed E-state index contributed by atoms with van der Waals surface area (Å²) in [5, 5.41) is 10.9. The van der Waals surface area contributed by atoms with E-state index in [1.165, 1.54) is 81.8 Å². The minimum absolute atomic E-state index is 0.0166. The van der Waals surface area contributed by atoms with Gasteiger partial charge in [0.15, 0.2) is 0 Å². The van der Waals surface area contributed by atoms with E-state index in [1.54, 1.807) is 0 Å². The van der Waals surface area contributed by atoms with E-state index in [1.807, 2.05) is 0 Å². The topological polar surface area (TPSA) is 63.3 Å². The lowest BCUT2D eigenvalue weighted by Crippen LogP contribution is -2.59. The summed E-state index contributed by atoms with van der Waals surface area (Å²) in [7, 11) is 0. The molecule has 6 aliphatic rings. The molecule has 0 aromatic heterocycles. The first-order valence-corrected chi connectivity index (χ1v) is 20.6. The molecule has 6 aliphatic carbocycles. The van der Waals surface area contributed by atoms with Gasteiger partial charge in [-0.2, -0.15) is 0 Å². The zero-order valence-corrected chi connectivity index (χ0v) is 30.5. The van der Waals surface area contributed by atoms with E-state index in [4.69, 9.17) is 5.73 Å². The Balaban J connectivity index is 1.24. The standard InChI is InChI=1S/C47H63NO2/c48-34-38-26-27-41(45(49)50)43-42-29-32-46(44(38)43,31-28-40-23-13-14-30-47(40,42)39-21-11-4-12-22-39)33-37(25-24-36-18-8-2-9-19-36)20-10-3-7-17-35-15-5-1-6-16-35/h2-4,8-12,18-19,21-22,26-27,29,32,35,37-38,40-44H,1,5-7,13-17,20,23-25,28,30-31,33-34,48H2,(H,49,50)/t37-,38-,40+,41-,42-,43-,44-,46+,47+/m0/s1. The number of rotatable bonds is 13. The van der Waals surface area contributed by atoms with Gasteiger partial charge in [0.25, 0.3) is 0 Å². The molecule has 3 nitrogen and oxygen atoms in total. The van der Waals surface area contributed by atoms with E-state index >= 15 is 0 Å². The summed E-state index contributed by atoms with van der Waals surface area (Å²) in [6.45, 7) is 0.587. The Labute approximate surface area is 302 Å². The van der Waals surface area contributed by atoms with Gasteiger partial charge in [0.05, 0.1) is 5.92 Å². The highest BCUT2D eigenvalue weighted by atomic mass is 16.4. The first kappa shape index (κ1) is 35.5. The largest absolute Gasteiger partial charge is 0.481 e. The second kappa shape index (κ2) is 16.2. The maximum absolute atomic E-state index is 13.3. The SMILES string of the molecule is NC[C@@H]1C=C[C@H](C(=O)O)[C@@H]2[C@H]1[C@@]1(C[C@@H](CC=CCCC3CCCCC3)CCc3ccccc3)C=C[C@@H]2[C@@]2(c3ccccc3)CCCC[C@@H]2CC1. The second-order valence-electron chi connectivity index (χ2n) is 17.1. The predicted molar refractivity (Wildman–Crippen MR) is 207 cm³/mol. The van der Waals surface area contributed by atoms with Gasteiger partial charge in [0, 0.05) is 5.41 Å². The van der Waals surface area contributed by atoms with Crippen molar-refractivity contribution < 1.29 is 9.90 Å². The summed E-state index contributed by atoms with van der Waals surface area (Å²) in [6.07, 6.45) is 36.0. The number of nitrogens with two attached hydrogens (primary N) is 1. The Hall–Kier alpha value is -2.91. The average molecular weight is 674 g/mol. The molecule has 3 heteroatoms. The molecule has 0 radical (unpaired) electrons. The van der Waals surface area contributed by atoms with E-state index in [9.17, 15) is 9.90 Å². The van der Waals surface area contributed by atoms with E-state index in [-0.39, 0.29) is 34.5 Å². The summed E-state index contributed by atoms with van der Waals surface area (Å²) in [5.74, 6) is 1.62. The number of allylic oxidation sites excluding steroid dienone is 4. The number of aryl methyl sites for hydroxylation is 1. The van der Waals surface area contributed by atoms with Crippen LogP contribution in [0.5, 0.6) is 0 Å². The number of aliphatic carboxylic acids is 1. The molecule has 0 aliphatic heterocycles. The molecule has 0 heterocycles. The van der Waals surface area contributed by atoms with Crippen molar-refractivity contribution in [2.75, 3.05) is 6.54 Å². The molecule has 3 saturated carbocycles. The zero-order chi connectivity index (χ0) is 34.4. The maximum atomic E-state index is 13.3. The van der Waals surface area contributed by atoms with Gasteiger partial charge in [0.1, 0.15) is 0 Å². The Bertz CT molecular complexity index is 1470. The monoisotopic (exact) mass is 673 g/mol. The number of hydrogen-bond acceptors (Lipinski definition) is 2. The summed E-state index contributed by atoms with van der Waals surface area (Å²) >= 11 is 0. The van der Waals surface area contributed by atoms with E-state index in [0.717, 1.165) is 44.4 Å². The quantitative estimate of drug-likeness (QED) is 0.208. The molecular formula is C47H63NO2. The van der Waals surface area contributed by atoms with Crippen molar-refractivity contribution >= 4 is 5.97 Å². The highest BCUT2D eigenvalue weighted by molar-refractivity contribution is 5.73. The third-order valence-electron chi connectivity index (χ3n) is 14.6. The van der Waals surface area contributed by atoms with Gasteiger partial charge in [-0.05, 0) is 129 Å². The van der Waals surface area contributed by atoms with Crippen LogP contribution >= 0.6 is 0 Å². The fourth-order valence-corrected chi connectivity index (χ4v) is 12.3. The summed E-state index contributed by atoms with van der Waals surface area (Å²) in [4.78, 5) is 13.3. The molecule has 0 spiro atoms. The van der Waals surface area contributed by atoms with Crippen LogP contribution in [-0.4, -0.2) is 17.6 Å². The predicted octanol–water partition coefficient (Wildman–Crippen LogP) is 11.1. The molecule has 0 saturated heterocycles. The average Bonchev–Trinajstić information content (AvgIpc) is 3.16. The molecule has 2 aromatic rings. The van der Waals surface area contributed by atoms with Gasteiger partial charge in [-0.25, -0.2) is 0 Å². The van der Waals surface area contributed by atoms with Gasteiger partial charge < -0.3 is 10.8 Å². The van der Waals surface area contributed by atoms with Gasteiger partial charge in [-0.1, -0.05) is 142 Å². The van der Waals surface area contributed by atoms with Crippen LogP contribution in [-0.2, 0) is 16.6 Å². The number of fused-ring (bicyclic) bond motifs is 1. The van der Waals surface area contributed by atoms with Crippen molar-refractivity contribution in [2.45, 2.75) is 115 Å². The molecule has 0 unspecified atom stereocenters. The van der Waals surface area contributed by atoms with Crippen LogP contribution in [0.3, 0.4) is 0 Å². The number of benzene rings is 2. The Morgan fingerprint density at radius 3 is 2.38 bits per heavy atom. The second-order valence-corrected chi connectivity index (χ2v) is 17.1. The fourth-order valence-electron chi connectivity index (χ4n) is 12.3. The summed E-state index contributed by atoms with van der Waals surface area (Å²) in [6, 6.07) is 22.3. The maximum Gasteiger partial charge on any atom is 0.310 e. The fraction of sp³-hybridized carbons (Fsp3) is 0.596. The van der Waals surface area contributed by atoms with Crippen molar-refractivity contribution in [1.82, 2.24) is 0 Å². The van der Waals surface area contributed by atoms with E-state index in [0.29, 0.717) is 18.4 Å². The Kier molecular flexibility index (Phi) is 11.5. The summed E-state index contributed by atoms with van der Waals surface area (Å²) < 4.78 is 0. The lowest BCUT2D eigenvalue weighted by atomic mass is 9.41. The van der Waals surface area contributed by atoms with Gasteiger partial charge >= 0.3 is 5.97 Å². The van der Waals surface area contributed by atoms with E-state index < -0.39 is 11.9 Å². The summed E-state index contributed by atoms with van der Waals surface area (Å²) in [5.41, 5.74) is 9.50. The molecule has 3 N–H and O–H groups in total. The number of carboxylic acids is 1. The van der Waals surface area contributed by atoms with Crippen LogP contribution in [0.25, 0.3) is 0 Å². The Morgan fingerprint density at radius 2 is 1.62 bits per heavy atom. The molecule has 50 heavy (non-hydrogen) atoms. The first-order chi connectivity index (χ1) is 24.5. The number of hydrogen-bond donors (Lipinski definition) is 2. The lowest BCUT2D eigenvalue weighted by Gasteiger charge is -2.63. The third-order valence-corrected chi connectivity index (χ3v) is 14.6. The molecular weight excluding hydrogens is 611 g/mol. The van der Waals surface area contributed by atoms with Crippen LogP contribution in [0.2, 0.25) is 0 Å². The third kappa shape index (κ3) is 7.23. The lowest BCUT2D eigenvalue weighted by molar-refractivity contribution is -0.148. The van der Waals surface area contributed by atoms with E-state index in [2.05, 4.69) is 97.1 Å². The van der Waals surface area contributed by atoms with Crippen molar-refractivity contribution in [3.8, 4) is 0 Å². The molecule has 8 rings (SSSR count). The van der Waals surface area contributed by atoms with Crippen molar-refractivity contribution in [1.29, 1.82) is 0 Å². The highest BCUT2D eigenvalue weighted by Crippen LogP contribution is 2.66. The molecule has 2 aromatic carbocycles. The minimum Gasteiger partial charge on any atom is -0.481 e. The molecule has 0 amide bonds. The van der Waals surface area contributed by atoms with Crippen molar-refractivity contribution in [3.63, 3.8) is 0 Å². The minimum atomic E-state index is -0.654. The van der Waals surface area contributed by atoms with Crippen LogP contribution in [0.4, 0.5) is 0 Å². The zero-order valence-electron chi connectivity index (χ0n) is 30.5. The van der Waals surface area contributed by atoms with Crippen LogP contribution < -0.4 is 5.73 Å². The van der Waals surface area contributed by atoms with Crippen molar-refractivity contribution in [3.05, 3.63) is 108 Å². The van der Waals surface area contributed by atoms with Gasteiger partial charge in [0.2, 0.25) is 0 Å².